The van der Waals surface area contributed by atoms with Crippen molar-refractivity contribution in [2.45, 2.75) is 49.4 Å². The fourth-order valence-corrected chi connectivity index (χ4v) is 7.11. The van der Waals surface area contributed by atoms with Crippen LogP contribution in [-0.2, 0) is 19.4 Å². The van der Waals surface area contributed by atoms with Crippen molar-refractivity contribution in [3.63, 3.8) is 0 Å². The highest BCUT2D eigenvalue weighted by molar-refractivity contribution is 7.92. The van der Waals surface area contributed by atoms with Gasteiger partial charge >= 0.3 is 5.97 Å². The Balaban J connectivity index is 1.64. The first-order valence-electron chi connectivity index (χ1n) is 14.6. The molecule has 5 rings (SSSR count). The van der Waals surface area contributed by atoms with Gasteiger partial charge in [0, 0.05) is 29.4 Å². The summed E-state index contributed by atoms with van der Waals surface area (Å²) in [5.41, 5.74) is 6.69. The zero-order chi connectivity index (χ0) is 32.5. The molecule has 0 radical (unpaired) electrons. The van der Waals surface area contributed by atoms with Crippen molar-refractivity contribution in [3.8, 4) is 5.75 Å². The molecule has 10 nitrogen and oxygen atoms in total. The molecule has 0 saturated carbocycles. The van der Waals surface area contributed by atoms with E-state index in [4.69, 9.17) is 10.5 Å². The number of carboxylic acid groups (broad SMARTS) is 1. The van der Waals surface area contributed by atoms with Gasteiger partial charge in [-0.05, 0) is 86.7 Å². The van der Waals surface area contributed by atoms with Gasteiger partial charge in [-0.25, -0.2) is 17.8 Å². The molecule has 0 aliphatic carbocycles. The summed E-state index contributed by atoms with van der Waals surface area (Å²) < 4.78 is 48.0. The quantitative estimate of drug-likeness (QED) is 0.209. The fraction of sp³-hybridized carbons (Fsp3) is 0.303. The Bertz CT molecular complexity index is 1870. The maximum absolute atomic E-state index is 15.6. The van der Waals surface area contributed by atoms with Crippen LogP contribution in [0.5, 0.6) is 5.75 Å². The number of fused-ring (bicyclic) bond motifs is 1. The predicted molar refractivity (Wildman–Crippen MR) is 169 cm³/mol. The number of carbonyl (C=O) groups is 2. The lowest BCUT2D eigenvalue weighted by molar-refractivity contribution is -0.143. The number of nitrogen functional groups attached to an aromatic ring is 1. The molecule has 1 fully saturated rings. The number of nitrogens with two attached hydrogens (primary N) is 1. The zero-order valence-corrected chi connectivity index (χ0v) is 25.9. The van der Waals surface area contributed by atoms with Crippen LogP contribution >= 0.6 is 0 Å². The molecule has 45 heavy (non-hydrogen) atoms. The number of hydrogen-bond donors (Lipinski definition) is 3. The summed E-state index contributed by atoms with van der Waals surface area (Å²) in [5, 5.41) is 14.0. The van der Waals surface area contributed by atoms with Crippen LogP contribution in [0.2, 0.25) is 0 Å². The first-order chi connectivity index (χ1) is 21.4. The molecule has 3 atom stereocenters. The lowest BCUT2D eigenvalue weighted by Crippen LogP contribution is -2.40. The predicted octanol–water partition coefficient (Wildman–Crippen LogP) is 5.36. The second-order valence-corrected chi connectivity index (χ2v) is 13.6. The summed E-state index contributed by atoms with van der Waals surface area (Å²) in [4.78, 5) is 32.5. The molecule has 2 unspecified atom stereocenters. The molecule has 1 aliphatic rings. The Morgan fingerprint density at radius 3 is 2.60 bits per heavy atom. The molecule has 1 saturated heterocycles. The number of sulfone groups is 1. The van der Waals surface area contributed by atoms with Crippen LogP contribution in [0.25, 0.3) is 10.8 Å². The van der Waals surface area contributed by atoms with Crippen LogP contribution in [0.15, 0.2) is 77.8 Å². The molecule has 1 aliphatic heterocycles. The number of anilines is 2. The molecule has 1 aromatic heterocycles. The molecular formula is C33H35FN4O6S. The molecule has 0 bridgehead atoms. The van der Waals surface area contributed by atoms with E-state index in [9.17, 15) is 23.1 Å². The second kappa shape index (κ2) is 12.7. The number of pyridine rings is 1. The average molecular weight is 635 g/mol. The van der Waals surface area contributed by atoms with Gasteiger partial charge < -0.3 is 25.8 Å². The van der Waals surface area contributed by atoms with Crippen LogP contribution in [0.1, 0.15) is 50.4 Å². The van der Waals surface area contributed by atoms with Gasteiger partial charge in [-0.1, -0.05) is 18.2 Å². The SMILES string of the molecule is CCOc1ccc(F)c([C@H](Nc2ccc3c(N)nccc3c2)C(=O)N2CCC(C(=O)O)C2c2ccccc2S(=O)(=O)C(C)C)c1. The third-order valence-electron chi connectivity index (χ3n) is 8.11. The van der Waals surface area contributed by atoms with E-state index < -0.39 is 50.8 Å². The van der Waals surface area contributed by atoms with E-state index >= 15 is 4.39 Å². The van der Waals surface area contributed by atoms with Crippen molar-refractivity contribution in [2.24, 2.45) is 5.92 Å². The van der Waals surface area contributed by atoms with Crippen LogP contribution in [-0.4, -0.2) is 53.7 Å². The summed E-state index contributed by atoms with van der Waals surface area (Å²) in [5.74, 6) is -2.87. The average Bonchev–Trinajstić information content (AvgIpc) is 3.46. The highest BCUT2D eigenvalue weighted by atomic mass is 32.2. The summed E-state index contributed by atoms with van der Waals surface area (Å²) in [6, 6.07) is 14.8. The molecule has 4 aromatic rings. The van der Waals surface area contributed by atoms with E-state index in [2.05, 4.69) is 10.3 Å². The van der Waals surface area contributed by atoms with Gasteiger partial charge in [-0.15, -0.1) is 0 Å². The van der Waals surface area contributed by atoms with Crippen molar-refractivity contribution < 1.29 is 32.2 Å². The van der Waals surface area contributed by atoms with Crippen molar-refractivity contribution >= 4 is 44.0 Å². The number of hydrogen-bond acceptors (Lipinski definition) is 8. The summed E-state index contributed by atoms with van der Waals surface area (Å²) >= 11 is 0. The molecule has 4 N–H and O–H groups in total. The Labute approximate surface area is 260 Å². The number of carboxylic acids is 1. The number of ether oxygens (including phenoxy) is 1. The molecular weight excluding hydrogens is 599 g/mol. The molecule has 1 amide bonds. The van der Waals surface area contributed by atoms with E-state index in [0.29, 0.717) is 29.2 Å². The van der Waals surface area contributed by atoms with Gasteiger partial charge in [0.2, 0.25) is 5.91 Å². The Hall–Kier alpha value is -4.71. The number of amides is 1. The van der Waals surface area contributed by atoms with Crippen molar-refractivity contribution in [3.05, 3.63) is 89.9 Å². The minimum Gasteiger partial charge on any atom is -0.494 e. The molecule has 2 heterocycles. The molecule has 12 heteroatoms. The summed E-state index contributed by atoms with van der Waals surface area (Å²) in [7, 11) is -3.85. The largest absolute Gasteiger partial charge is 0.494 e. The van der Waals surface area contributed by atoms with Crippen LogP contribution in [0.3, 0.4) is 0 Å². The van der Waals surface area contributed by atoms with Crippen LogP contribution in [0, 0.1) is 11.7 Å². The standard InChI is InChI=1S/C33H35FN4O6S/c1-4-44-22-10-12-27(34)26(18-22)29(37-21-9-11-23-20(17-21)13-15-36-31(23)35)32(39)38-16-14-25(33(40)41)30(38)24-7-5-6-8-28(24)45(42,43)19(2)3/h5-13,15,17-19,25,29-30,37H,4,14,16H2,1-3H3,(H2,35,36)(H,40,41)/t25?,29-,30?/m0/s1. The number of aromatic nitrogens is 1. The highest BCUT2D eigenvalue weighted by Crippen LogP contribution is 2.43. The monoisotopic (exact) mass is 634 g/mol. The fourth-order valence-electron chi connectivity index (χ4n) is 5.82. The van der Waals surface area contributed by atoms with Gasteiger partial charge in [0.05, 0.1) is 28.7 Å². The number of likely N-dealkylation sites (tertiary alicyclic amines) is 1. The number of nitrogens with zero attached hydrogens (tertiary/aromatic N) is 2. The number of nitrogens with one attached hydrogen (secondary N) is 1. The highest BCUT2D eigenvalue weighted by Gasteiger charge is 2.46. The van der Waals surface area contributed by atoms with E-state index in [1.807, 2.05) is 0 Å². The van der Waals surface area contributed by atoms with Gasteiger partial charge in [-0.3, -0.25) is 9.59 Å². The Kier molecular flexibility index (Phi) is 8.96. The van der Waals surface area contributed by atoms with Gasteiger partial charge in [0.1, 0.15) is 23.4 Å². The van der Waals surface area contributed by atoms with Crippen molar-refractivity contribution in [1.82, 2.24) is 9.88 Å². The Morgan fingerprint density at radius 2 is 1.89 bits per heavy atom. The van der Waals surface area contributed by atoms with E-state index in [1.165, 1.54) is 29.2 Å². The maximum atomic E-state index is 15.6. The molecule has 0 spiro atoms. The third kappa shape index (κ3) is 6.15. The van der Waals surface area contributed by atoms with Gasteiger partial charge in [0.25, 0.3) is 0 Å². The maximum Gasteiger partial charge on any atom is 0.309 e. The zero-order valence-electron chi connectivity index (χ0n) is 25.1. The van der Waals surface area contributed by atoms with E-state index in [0.717, 1.165) is 5.39 Å². The smallest absolute Gasteiger partial charge is 0.309 e. The van der Waals surface area contributed by atoms with E-state index in [-0.39, 0.29) is 29.0 Å². The number of halogens is 1. The molecule has 3 aromatic carbocycles. The number of aliphatic carboxylic acids is 1. The first kappa shape index (κ1) is 31.7. The minimum absolute atomic E-state index is 0.0131. The number of rotatable bonds is 10. The topological polar surface area (TPSA) is 152 Å². The second-order valence-electron chi connectivity index (χ2n) is 11.2. The Morgan fingerprint density at radius 1 is 1.13 bits per heavy atom. The van der Waals surface area contributed by atoms with Crippen molar-refractivity contribution in [1.29, 1.82) is 0 Å². The van der Waals surface area contributed by atoms with Gasteiger partial charge in [-0.2, -0.15) is 0 Å². The van der Waals surface area contributed by atoms with Gasteiger partial charge in [0.15, 0.2) is 9.84 Å². The minimum atomic E-state index is -3.85. The first-order valence-corrected chi connectivity index (χ1v) is 16.2. The lowest BCUT2D eigenvalue weighted by atomic mass is 9.93. The van der Waals surface area contributed by atoms with Crippen molar-refractivity contribution in [2.75, 3.05) is 24.2 Å². The third-order valence-corrected chi connectivity index (χ3v) is 10.3. The summed E-state index contributed by atoms with van der Waals surface area (Å²) in [6.07, 6.45) is 1.64. The number of carbonyl (C=O) groups excluding carboxylic acids is 1. The summed E-state index contributed by atoms with van der Waals surface area (Å²) in [6.45, 7) is 5.19. The molecule has 236 valence electrons. The number of benzene rings is 3. The normalized spacial score (nSPS) is 17.4. The lowest BCUT2D eigenvalue weighted by Gasteiger charge is -2.33. The van der Waals surface area contributed by atoms with E-state index in [1.54, 1.807) is 69.4 Å². The van der Waals surface area contributed by atoms with Crippen LogP contribution < -0.4 is 15.8 Å². The van der Waals surface area contributed by atoms with Crippen LogP contribution in [0.4, 0.5) is 15.9 Å².